The van der Waals surface area contributed by atoms with Crippen molar-refractivity contribution in [2.24, 2.45) is 0 Å². The maximum absolute atomic E-state index is 12.7. The fourth-order valence-corrected chi connectivity index (χ4v) is 3.26. The van der Waals surface area contributed by atoms with Crippen LogP contribution in [0.4, 0.5) is 11.4 Å². The molecule has 8 nitrogen and oxygen atoms in total. The summed E-state index contributed by atoms with van der Waals surface area (Å²) in [4.78, 5) is 47.4. The van der Waals surface area contributed by atoms with Crippen LogP contribution in [0.5, 0.6) is 5.75 Å². The van der Waals surface area contributed by atoms with Gasteiger partial charge in [-0.25, -0.2) is 4.79 Å². The molecule has 0 unspecified atom stereocenters. The highest BCUT2D eigenvalue weighted by Gasteiger charge is 2.14. The highest BCUT2D eigenvalue weighted by atomic mass is 16.5. The Labute approximate surface area is 202 Å². The Kier molecular flexibility index (Phi) is 8.72. The van der Waals surface area contributed by atoms with E-state index in [4.69, 9.17) is 9.84 Å². The van der Waals surface area contributed by atoms with Crippen molar-refractivity contribution in [2.45, 2.75) is 26.2 Å². The van der Waals surface area contributed by atoms with Crippen LogP contribution in [-0.2, 0) is 4.79 Å². The summed E-state index contributed by atoms with van der Waals surface area (Å²) < 4.78 is 5.64. The Bertz CT molecular complexity index is 1200. The van der Waals surface area contributed by atoms with Crippen molar-refractivity contribution in [1.29, 1.82) is 0 Å². The van der Waals surface area contributed by atoms with Gasteiger partial charge in [0.15, 0.2) is 5.78 Å². The number of carbonyl (C=O) groups excluding carboxylic acids is 3. The molecular formula is C27H26N2O6. The lowest BCUT2D eigenvalue weighted by molar-refractivity contribution is -0.116. The first-order chi connectivity index (χ1) is 16.8. The molecule has 0 heterocycles. The third-order valence-corrected chi connectivity index (χ3v) is 5.16. The number of nitrogens with one attached hydrogen (secondary N) is 2. The SMILES string of the molecule is CC(=O)c1ccc(OCCCCC(=O)Nc2ccccc2C(=O)Nc2ccc(C(=O)O)cc2)cc1. The Morgan fingerprint density at radius 2 is 1.46 bits per heavy atom. The number of Topliss-reactive ketones (excluding diaryl/α,β-unsaturated/α-hetero) is 1. The van der Waals surface area contributed by atoms with Gasteiger partial charge in [0.1, 0.15) is 5.75 Å². The van der Waals surface area contributed by atoms with Gasteiger partial charge in [-0.05, 0) is 80.4 Å². The first kappa shape index (κ1) is 25.2. The van der Waals surface area contributed by atoms with Crippen LogP contribution >= 0.6 is 0 Å². The van der Waals surface area contributed by atoms with Crippen molar-refractivity contribution in [3.63, 3.8) is 0 Å². The minimum absolute atomic E-state index is 0.00369. The second-order valence-corrected chi connectivity index (χ2v) is 7.82. The van der Waals surface area contributed by atoms with Gasteiger partial charge in [0.25, 0.3) is 5.91 Å². The Balaban J connectivity index is 1.46. The van der Waals surface area contributed by atoms with E-state index in [2.05, 4.69) is 10.6 Å². The molecule has 3 aromatic carbocycles. The fourth-order valence-electron chi connectivity index (χ4n) is 3.26. The average molecular weight is 475 g/mol. The molecule has 8 heteroatoms. The molecule has 180 valence electrons. The summed E-state index contributed by atoms with van der Waals surface area (Å²) in [5.41, 5.74) is 1.86. The molecular weight excluding hydrogens is 448 g/mol. The number of hydrogen-bond acceptors (Lipinski definition) is 5. The largest absolute Gasteiger partial charge is 0.494 e. The van der Waals surface area contributed by atoms with E-state index in [1.54, 1.807) is 48.5 Å². The summed E-state index contributed by atoms with van der Waals surface area (Å²) in [6.07, 6.45) is 1.53. The molecule has 0 aliphatic heterocycles. The summed E-state index contributed by atoms with van der Waals surface area (Å²) in [7, 11) is 0. The Hall–Kier alpha value is -4.46. The van der Waals surface area contributed by atoms with Crippen LogP contribution in [0.25, 0.3) is 0 Å². The molecule has 3 N–H and O–H groups in total. The summed E-state index contributed by atoms with van der Waals surface area (Å²) in [6, 6.07) is 19.4. The number of anilines is 2. The second kappa shape index (κ2) is 12.1. The summed E-state index contributed by atoms with van der Waals surface area (Å²) in [5, 5.41) is 14.5. The number of rotatable bonds is 11. The predicted octanol–water partition coefficient (Wildman–Crippen LogP) is 5.03. The molecule has 0 fully saturated rings. The molecule has 0 saturated heterocycles. The minimum Gasteiger partial charge on any atom is -0.494 e. The predicted molar refractivity (Wildman–Crippen MR) is 132 cm³/mol. The van der Waals surface area contributed by atoms with Crippen molar-refractivity contribution in [1.82, 2.24) is 0 Å². The zero-order valence-electron chi connectivity index (χ0n) is 19.2. The molecule has 0 spiro atoms. The zero-order valence-corrected chi connectivity index (χ0v) is 19.2. The minimum atomic E-state index is -1.05. The van der Waals surface area contributed by atoms with E-state index in [-0.39, 0.29) is 23.7 Å². The van der Waals surface area contributed by atoms with Gasteiger partial charge < -0.3 is 20.5 Å². The maximum Gasteiger partial charge on any atom is 0.335 e. The number of para-hydroxylation sites is 1. The van der Waals surface area contributed by atoms with Crippen LogP contribution in [0.1, 0.15) is 57.3 Å². The standard InChI is InChI=1S/C27H26N2O6/c1-18(30)19-11-15-22(16-12-19)35-17-5-4-8-25(31)29-24-7-3-2-6-23(24)26(32)28-21-13-9-20(10-14-21)27(33)34/h2-3,6-7,9-16H,4-5,8,17H2,1H3,(H,28,32)(H,29,31)(H,33,34). The zero-order chi connectivity index (χ0) is 25.2. The van der Waals surface area contributed by atoms with Gasteiger partial charge in [-0.2, -0.15) is 0 Å². The Morgan fingerprint density at radius 1 is 0.800 bits per heavy atom. The second-order valence-electron chi connectivity index (χ2n) is 7.82. The highest BCUT2D eigenvalue weighted by molar-refractivity contribution is 6.10. The maximum atomic E-state index is 12.7. The molecule has 35 heavy (non-hydrogen) atoms. The lowest BCUT2D eigenvalue weighted by atomic mass is 10.1. The quantitative estimate of drug-likeness (QED) is 0.265. The first-order valence-corrected chi connectivity index (χ1v) is 11.1. The third kappa shape index (κ3) is 7.53. The molecule has 0 atom stereocenters. The number of ketones is 1. The van der Waals surface area contributed by atoms with Gasteiger partial charge in [0.2, 0.25) is 5.91 Å². The number of unbranched alkanes of at least 4 members (excludes halogenated alkanes) is 1. The monoisotopic (exact) mass is 474 g/mol. The number of aromatic carboxylic acids is 1. The topological polar surface area (TPSA) is 122 Å². The molecule has 0 saturated carbocycles. The van der Waals surface area contributed by atoms with Gasteiger partial charge in [0.05, 0.1) is 23.4 Å². The molecule has 0 radical (unpaired) electrons. The number of hydrogen-bond donors (Lipinski definition) is 3. The van der Waals surface area contributed by atoms with Crippen LogP contribution in [0.15, 0.2) is 72.8 Å². The van der Waals surface area contributed by atoms with Crippen LogP contribution in [-0.4, -0.2) is 35.3 Å². The van der Waals surface area contributed by atoms with Crippen LogP contribution in [0.3, 0.4) is 0 Å². The number of benzene rings is 3. The average Bonchev–Trinajstić information content (AvgIpc) is 2.84. The molecule has 0 aromatic heterocycles. The third-order valence-electron chi connectivity index (χ3n) is 5.16. The smallest absolute Gasteiger partial charge is 0.335 e. The van der Waals surface area contributed by atoms with E-state index < -0.39 is 11.9 Å². The number of carbonyl (C=O) groups is 4. The van der Waals surface area contributed by atoms with Crippen molar-refractivity contribution >= 4 is 34.9 Å². The molecule has 3 rings (SSSR count). The number of amides is 2. The van der Waals surface area contributed by atoms with Crippen molar-refractivity contribution in [3.05, 3.63) is 89.5 Å². The van der Waals surface area contributed by atoms with Crippen LogP contribution in [0.2, 0.25) is 0 Å². The van der Waals surface area contributed by atoms with Gasteiger partial charge in [-0.3, -0.25) is 14.4 Å². The van der Waals surface area contributed by atoms with E-state index in [1.165, 1.54) is 31.2 Å². The van der Waals surface area contributed by atoms with Crippen molar-refractivity contribution in [2.75, 3.05) is 17.2 Å². The normalized spacial score (nSPS) is 10.3. The molecule has 3 aromatic rings. The van der Waals surface area contributed by atoms with E-state index in [0.717, 1.165) is 0 Å². The van der Waals surface area contributed by atoms with E-state index >= 15 is 0 Å². The van der Waals surface area contributed by atoms with Gasteiger partial charge in [0, 0.05) is 17.7 Å². The lowest BCUT2D eigenvalue weighted by Gasteiger charge is -2.12. The fraction of sp³-hybridized carbons (Fsp3) is 0.185. The van der Waals surface area contributed by atoms with Crippen molar-refractivity contribution < 1.29 is 29.0 Å². The number of carboxylic acids is 1. The summed E-state index contributed by atoms with van der Waals surface area (Å²) >= 11 is 0. The van der Waals surface area contributed by atoms with Gasteiger partial charge in [-0.15, -0.1) is 0 Å². The van der Waals surface area contributed by atoms with E-state index in [0.29, 0.717) is 47.7 Å². The number of carboxylic acid groups (broad SMARTS) is 1. The van der Waals surface area contributed by atoms with E-state index in [9.17, 15) is 19.2 Å². The van der Waals surface area contributed by atoms with Crippen molar-refractivity contribution in [3.8, 4) is 5.75 Å². The van der Waals surface area contributed by atoms with Gasteiger partial charge in [-0.1, -0.05) is 12.1 Å². The van der Waals surface area contributed by atoms with Gasteiger partial charge >= 0.3 is 5.97 Å². The highest BCUT2D eigenvalue weighted by Crippen LogP contribution is 2.19. The Morgan fingerprint density at radius 3 is 2.11 bits per heavy atom. The first-order valence-electron chi connectivity index (χ1n) is 11.1. The molecule has 0 aliphatic rings. The summed E-state index contributed by atoms with van der Waals surface area (Å²) in [6.45, 7) is 1.94. The molecule has 0 aliphatic carbocycles. The molecule has 2 amide bonds. The lowest BCUT2D eigenvalue weighted by Crippen LogP contribution is -2.18. The van der Waals surface area contributed by atoms with Crippen LogP contribution in [0, 0.1) is 0 Å². The number of ether oxygens (including phenoxy) is 1. The van der Waals surface area contributed by atoms with E-state index in [1.807, 2.05) is 0 Å². The molecule has 0 bridgehead atoms. The van der Waals surface area contributed by atoms with Crippen LogP contribution < -0.4 is 15.4 Å². The summed E-state index contributed by atoms with van der Waals surface area (Å²) in [5.74, 6) is -1.03.